The summed E-state index contributed by atoms with van der Waals surface area (Å²) in [6.45, 7) is 7.58. The Hall–Kier alpha value is -2.75. The van der Waals surface area contributed by atoms with E-state index in [1.165, 1.54) is 0 Å². The van der Waals surface area contributed by atoms with E-state index in [2.05, 4.69) is 6.58 Å². The summed E-state index contributed by atoms with van der Waals surface area (Å²) < 4.78 is 16.8. The van der Waals surface area contributed by atoms with E-state index in [1.807, 2.05) is 44.2 Å². The summed E-state index contributed by atoms with van der Waals surface area (Å²) in [6.07, 6.45) is 1.05. The zero-order chi connectivity index (χ0) is 16.7. The Morgan fingerprint density at radius 3 is 2.43 bits per heavy atom. The average molecular weight is 312 g/mol. The molecule has 0 unspecified atom stereocenters. The zero-order valence-electron chi connectivity index (χ0n) is 13.3. The van der Waals surface area contributed by atoms with E-state index in [0.29, 0.717) is 18.1 Å². The van der Waals surface area contributed by atoms with Crippen LogP contribution >= 0.6 is 0 Å². The molecule has 0 aromatic heterocycles. The van der Waals surface area contributed by atoms with Crippen LogP contribution in [0.25, 0.3) is 0 Å². The van der Waals surface area contributed by atoms with Crippen molar-refractivity contribution >= 4 is 5.97 Å². The molecule has 4 nitrogen and oxygen atoms in total. The molecule has 0 aliphatic rings. The van der Waals surface area contributed by atoms with E-state index in [9.17, 15) is 4.79 Å². The van der Waals surface area contributed by atoms with Crippen LogP contribution < -0.4 is 14.2 Å². The molecule has 0 N–H and O–H groups in total. The Morgan fingerprint density at radius 2 is 1.78 bits per heavy atom. The molecule has 0 saturated carbocycles. The van der Waals surface area contributed by atoms with Crippen LogP contribution in [0.2, 0.25) is 0 Å². The third-order valence-electron chi connectivity index (χ3n) is 2.91. The van der Waals surface area contributed by atoms with Crippen LogP contribution in [-0.2, 0) is 11.4 Å². The lowest BCUT2D eigenvalue weighted by Gasteiger charge is -2.17. The van der Waals surface area contributed by atoms with Gasteiger partial charge in [0.25, 0.3) is 0 Å². The van der Waals surface area contributed by atoms with Crippen LogP contribution in [0.15, 0.2) is 61.2 Å². The van der Waals surface area contributed by atoms with Crippen LogP contribution in [-0.4, -0.2) is 12.1 Å². The lowest BCUT2D eigenvalue weighted by Crippen LogP contribution is -2.11. The maximum absolute atomic E-state index is 11.6. The minimum absolute atomic E-state index is 0.0550. The molecule has 23 heavy (non-hydrogen) atoms. The molecule has 2 rings (SSSR count). The maximum atomic E-state index is 11.6. The van der Waals surface area contributed by atoms with Crippen molar-refractivity contribution in [1.82, 2.24) is 0 Å². The molecule has 0 aliphatic carbocycles. The van der Waals surface area contributed by atoms with E-state index in [0.717, 1.165) is 11.6 Å². The first-order valence-electron chi connectivity index (χ1n) is 7.40. The molecule has 0 bridgehead atoms. The molecular formula is C19H20O4. The number of carbonyl (C=O) groups excluding carboxylic acids is 1. The molecular weight excluding hydrogens is 292 g/mol. The Morgan fingerprint density at radius 1 is 1.09 bits per heavy atom. The van der Waals surface area contributed by atoms with Crippen LogP contribution in [0.4, 0.5) is 0 Å². The van der Waals surface area contributed by atoms with Gasteiger partial charge in [0.05, 0.1) is 6.10 Å². The first-order valence-corrected chi connectivity index (χ1v) is 7.40. The van der Waals surface area contributed by atoms with Crippen molar-refractivity contribution in [1.29, 1.82) is 0 Å². The van der Waals surface area contributed by atoms with Gasteiger partial charge in [-0.15, -0.1) is 0 Å². The highest BCUT2D eigenvalue weighted by atomic mass is 16.6. The third-order valence-corrected chi connectivity index (χ3v) is 2.91. The van der Waals surface area contributed by atoms with Gasteiger partial charge in [-0.1, -0.05) is 43.0 Å². The van der Waals surface area contributed by atoms with Gasteiger partial charge in [-0.05, 0) is 31.5 Å². The van der Waals surface area contributed by atoms with Crippen molar-refractivity contribution in [3.63, 3.8) is 0 Å². The van der Waals surface area contributed by atoms with Gasteiger partial charge >= 0.3 is 5.97 Å². The lowest BCUT2D eigenvalue weighted by molar-refractivity contribution is -0.129. The normalized spacial score (nSPS) is 10.2. The van der Waals surface area contributed by atoms with Crippen molar-refractivity contribution in [2.45, 2.75) is 26.6 Å². The zero-order valence-corrected chi connectivity index (χ0v) is 13.3. The lowest BCUT2D eigenvalue weighted by atomic mass is 10.2. The summed E-state index contributed by atoms with van der Waals surface area (Å²) in [5.41, 5.74) is 1.02. The van der Waals surface area contributed by atoms with E-state index in [1.54, 1.807) is 18.2 Å². The van der Waals surface area contributed by atoms with Crippen LogP contribution in [0.1, 0.15) is 19.4 Å². The number of ether oxygens (including phenoxy) is 3. The van der Waals surface area contributed by atoms with Crippen molar-refractivity contribution in [3.8, 4) is 17.2 Å². The fourth-order valence-corrected chi connectivity index (χ4v) is 1.93. The molecule has 0 fully saturated rings. The van der Waals surface area contributed by atoms with Crippen molar-refractivity contribution in [2.75, 3.05) is 0 Å². The van der Waals surface area contributed by atoms with Gasteiger partial charge in [0.15, 0.2) is 11.5 Å². The second-order valence-corrected chi connectivity index (χ2v) is 5.15. The summed E-state index contributed by atoms with van der Waals surface area (Å²) in [5, 5.41) is 0. The van der Waals surface area contributed by atoms with Gasteiger partial charge in [-0.2, -0.15) is 0 Å². The number of hydrogen-bond acceptors (Lipinski definition) is 4. The van der Waals surface area contributed by atoms with Gasteiger partial charge in [-0.3, -0.25) is 0 Å². The number of benzene rings is 2. The highest BCUT2D eigenvalue weighted by Crippen LogP contribution is 2.38. The molecule has 0 aliphatic heterocycles. The quantitative estimate of drug-likeness (QED) is 0.438. The molecule has 0 radical (unpaired) electrons. The molecule has 0 spiro atoms. The minimum Gasteiger partial charge on any atom is -0.487 e. The average Bonchev–Trinajstić information content (AvgIpc) is 2.55. The first-order chi connectivity index (χ1) is 11.1. The minimum atomic E-state index is -0.561. The number of esters is 1. The summed E-state index contributed by atoms with van der Waals surface area (Å²) >= 11 is 0. The van der Waals surface area contributed by atoms with Gasteiger partial charge in [0.2, 0.25) is 5.75 Å². The van der Waals surface area contributed by atoms with Crippen molar-refractivity contribution in [3.05, 3.63) is 66.7 Å². The fourth-order valence-electron chi connectivity index (χ4n) is 1.93. The predicted molar refractivity (Wildman–Crippen MR) is 88.8 cm³/mol. The van der Waals surface area contributed by atoms with Crippen LogP contribution in [0, 0.1) is 0 Å². The molecule has 120 valence electrons. The van der Waals surface area contributed by atoms with E-state index in [4.69, 9.17) is 14.2 Å². The van der Waals surface area contributed by atoms with E-state index < -0.39 is 5.97 Å². The molecule has 0 atom stereocenters. The highest BCUT2D eigenvalue weighted by molar-refractivity contribution is 5.84. The van der Waals surface area contributed by atoms with Crippen LogP contribution in [0.3, 0.4) is 0 Å². The topological polar surface area (TPSA) is 44.8 Å². The van der Waals surface area contributed by atoms with Crippen LogP contribution in [0.5, 0.6) is 17.2 Å². The number of para-hydroxylation sites is 1. The second kappa shape index (κ2) is 8.03. The molecule has 2 aromatic rings. The summed E-state index contributed by atoms with van der Waals surface area (Å²) in [4.78, 5) is 11.6. The fraction of sp³-hybridized carbons (Fsp3) is 0.211. The van der Waals surface area contributed by atoms with Crippen molar-refractivity contribution in [2.24, 2.45) is 0 Å². The van der Waals surface area contributed by atoms with Gasteiger partial charge in [0.1, 0.15) is 6.61 Å². The van der Waals surface area contributed by atoms with Gasteiger partial charge < -0.3 is 14.2 Å². The number of carbonyl (C=O) groups is 1. The largest absolute Gasteiger partial charge is 0.487 e. The van der Waals surface area contributed by atoms with Crippen molar-refractivity contribution < 1.29 is 19.0 Å². The first kappa shape index (κ1) is 16.6. The van der Waals surface area contributed by atoms with E-state index >= 15 is 0 Å². The molecule has 0 heterocycles. The third kappa shape index (κ3) is 4.88. The number of hydrogen-bond donors (Lipinski definition) is 0. The Labute approximate surface area is 136 Å². The standard InChI is InChI=1S/C19H20O4/c1-4-18(20)23-19-16(11-8-12-17(19)22-14(2)3)21-13-15-9-6-5-7-10-15/h4-12,14H,1,13H2,2-3H3. The summed E-state index contributed by atoms with van der Waals surface area (Å²) in [6, 6.07) is 15.0. The molecule has 4 heteroatoms. The number of rotatable bonds is 7. The molecule has 0 saturated heterocycles. The Balaban J connectivity index is 2.25. The van der Waals surface area contributed by atoms with Gasteiger partial charge in [-0.25, -0.2) is 4.79 Å². The second-order valence-electron chi connectivity index (χ2n) is 5.15. The smallest absolute Gasteiger partial charge is 0.335 e. The SMILES string of the molecule is C=CC(=O)Oc1c(OCc2ccccc2)cccc1OC(C)C. The molecule has 0 amide bonds. The van der Waals surface area contributed by atoms with Gasteiger partial charge in [0, 0.05) is 6.08 Å². The Bertz CT molecular complexity index is 662. The molecule has 2 aromatic carbocycles. The summed E-state index contributed by atoms with van der Waals surface area (Å²) in [5.74, 6) is 0.611. The van der Waals surface area contributed by atoms with E-state index in [-0.39, 0.29) is 11.9 Å². The Kier molecular flexibility index (Phi) is 5.80. The highest BCUT2D eigenvalue weighted by Gasteiger charge is 2.16. The monoisotopic (exact) mass is 312 g/mol. The maximum Gasteiger partial charge on any atom is 0.335 e. The predicted octanol–water partition coefficient (Wildman–Crippen LogP) is 4.14. The summed E-state index contributed by atoms with van der Waals surface area (Å²) in [7, 11) is 0.